The molecule has 0 unspecified atom stereocenters. The SMILES string of the molecule is CCc1cc(C[C@@H]2CCCN2C[C@@H](O)CO[C@H](C)c2ccc(Cl)cc2CCC(=O)O)ccc1Cl. The fourth-order valence-corrected chi connectivity index (χ4v) is 5.21. The molecule has 7 heteroatoms. The first-order chi connectivity index (χ1) is 16.3. The number of nitrogens with zero attached hydrogens (tertiary/aromatic N) is 1. The predicted octanol–water partition coefficient (Wildman–Crippen LogP) is 5.72. The van der Waals surface area contributed by atoms with Crippen LogP contribution >= 0.6 is 23.2 Å². The van der Waals surface area contributed by atoms with Crippen molar-refractivity contribution in [3.05, 3.63) is 68.7 Å². The zero-order valence-electron chi connectivity index (χ0n) is 20.0. The van der Waals surface area contributed by atoms with Crippen molar-refractivity contribution in [3.63, 3.8) is 0 Å². The van der Waals surface area contributed by atoms with Crippen LogP contribution in [0.1, 0.15) is 61.5 Å². The van der Waals surface area contributed by atoms with Crippen LogP contribution in [0.5, 0.6) is 0 Å². The lowest BCUT2D eigenvalue weighted by Gasteiger charge is -2.28. The Morgan fingerprint density at radius 1 is 1.21 bits per heavy atom. The number of aliphatic hydroxyl groups is 1. The molecule has 0 spiro atoms. The summed E-state index contributed by atoms with van der Waals surface area (Å²) in [7, 11) is 0. The van der Waals surface area contributed by atoms with Crippen molar-refractivity contribution in [2.24, 2.45) is 0 Å². The number of halogens is 2. The van der Waals surface area contributed by atoms with E-state index < -0.39 is 12.1 Å². The highest BCUT2D eigenvalue weighted by molar-refractivity contribution is 6.31. The summed E-state index contributed by atoms with van der Waals surface area (Å²) in [6, 6.07) is 12.2. The lowest BCUT2D eigenvalue weighted by Crippen LogP contribution is -2.39. The maximum Gasteiger partial charge on any atom is 0.303 e. The molecular formula is C27H35Cl2NO4. The summed E-state index contributed by atoms with van der Waals surface area (Å²) in [5.41, 5.74) is 4.24. The number of aliphatic carboxylic acids is 1. The van der Waals surface area contributed by atoms with E-state index in [1.54, 1.807) is 12.1 Å². The molecule has 5 nitrogen and oxygen atoms in total. The zero-order chi connectivity index (χ0) is 24.7. The lowest BCUT2D eigenvalue weighted by atomic mass is 9.99. The quantitative estimate of drug-likeness (QED) is 0.384. The summed E-state index contributed by atoms with van der Waals surface area (Å²) < 4.78 is 6.00. The molecule has 2 aromatic rings. The van der Waals surface area contributed by atoms with Gasteiger partial charge in [-0.3, -0.25) is 9.69 Å². The maximum atomic E-state index is 11.0. The molecule has 1 aliphatic heterocycles. The second kappa shape index (κ2) is 12.9. The fourth-order valence-electron chi connectivity index (χ4n) is 4.76. The Hall–Kier alpha value is -1.63. The first-order valence-corrected chi connectivity index (χ1v) is 12.8. The van der Waals surface area contributed by atoms with Gasteiger partial charge in [-0.2, -0.15) is 0 Å². The standard InChI is InChI=1S/C27H35Cl2NO4/c1-3-20-13-19(6-10-26(20)29)14-23-5-4-12-30(23)16-24(31)17-34-18(2)25-9-8-22(28)15-21(25)7-11-27(32)33/h6,8-10,13,15,18,23-24,31H,3-5,7,11-12,14,16-17H2,1-2H3,(H,32,33)/t18-,23+,24-/m1/s1. The van der Waals surface area contributed by atoms with Crippen LogP contribution in [-0.2, 0) is 28.8 Å². The molecule has 2 aromatic carbocycles. The van der Waals surface area contributed by atoms with Crippen molar-refractivity contribution in [1.82, 2.24) is 4.90 Å². The molecule has 2 N–H and O–H groups in total. The number of β-amino-alcohol motifs (C(OH)–C–C–N with tert-alkyl or cyclic N) is 1. The second-order valence-corrected chi connectivity index (χ2v) is 9.98. The third-order valence-corrected chi connectivity index (χ3v) is 7.20. The molecule has 0 bridgehead atoms. The molecular weight excluding hydrogens is 473 g/mol. The van der Waals surface area contributed by atoms with Gasteiger partial charge in [0, 0.05) is 29.1 Å². The highest BCUT2D eigenvalue weighted by atomic mass is 35.5. The van der Waals surface area contributed by atoms with E-state index in [1.807, 2.05) is 19.1 Å². The number of hydrogen-bond donors (Lipinski definition) is 2. The van der Waals surface area contributed by atoms with Gasteiger partial charge in [-0.1, -0.05) is 48.3 Å². The molecule has 0 saturated carbocycles. The van der Waals surface area contributed by atoms with Gasteiger partial charge in [0.05, 0.1) is 18.8 Å². The second-order valence-electron chi connectivity index (χ2n) is 9.14. The zero-order valence-corrected chi connectivity index (χ0v) is 21.5. The van der Waals surface area contributed by atoms with Crippen LogP contribution in [0.2, 0.25) is 10.0 Å². The van der Waals surface area contributed by atoms with Crippen molar-refractivity contribution in [1.29, 1.82) is 0 Å². The lowest BCUT2D eigenvalue weighted by molar-refractivity contribution is -0.136. The molecule has 186 valence electrons. The number of rotatable bonds is 12. The third-order valence-electron chi connectivity index (χ3n) is 6.60. The van der Waals surface area contributed by atoms with Gasteiger partial charge in [0.15, 0.2) is 0 Å². The van der Waals surface area contributed by atoms with Crippen LogP contribution in [0.25, 0.3) is 0 Å². The number of aryl methyl sites for hydroxylation is 2. The Morgan fingerprint density at radius 2 is 2.00 bits per heavy atom. The molecule has 1 saturated heterocycles. The Kier molecular flexibility index (Phi) is 10.2. The average molecular weight is 508 g/mol. The minimum atomic E-state index is -0.848. The van der Waals surface area contributed by atoms with E-state index in [2.05, 4.69) is 24.0 Å². The highest BCUT2D eigenvalue weighted by Gasteiger charge is 2.27. The summed E-state index contributed by atoms with van der Waals surface area (Å²) >= 11 is 12.4. The minimum absolute atomic E-state index is 0.0341. The molecule has 3 atom stereocenters. The maximum absolute atomic E-state index is 11.0. The number of carboxylic acid groups (broad SMARTS) is 1. The van der Waals surface area contributed by atoms with Crippen LogP contribution in [0, 0.1) is 0 Å². The molecule has 0 radical (unpaired) electrons. The van der Waals surface area contributed by atoms with Crippen molar-refractivity contribution < 1.29 is 19.7 Å². The molecule has 0 aliphatic carbocycles. The highest BCUT2D eigenvalue weighted by Crippen LogP contribution is 2.27. The van der Waals surface area contributed by atoms with E-state index in [0.717, 1.165) is 48.4 Å². The molecule has 34 heavy (non-hydrogen) atoms. The van der Waals surface area contributed by atoms with Crippen molar-refractivity contribution in [3.8, 4) is 0 Å². The Labute approximate surface area is 212 Å². The molecule has 1 aliphatic rings. The topological polar surface area (TPSA) is 70.0 Å². The number of aliphatic hydroxyl groups excluding tert-OH is 1. The summed E-state index contributed by atoms with van der Waals surface area (Å²) in [5, 5.41) is 21.1. The number of benzene rings is 2. The van der Waals surface area contributed by atoms with Gasteiger partial charge < -0.3 is 14.9 Å². The minimum Gasteiger partial charge on any atom is -0.481 e. The molecule has 0 aromatic heterocycles. The Bertz CT molecular complexity index is 968. The fraction of sp³-hybridized carbons (Fsp3) is 0.519. The summed E-state index contributed by atoms with van der Waals surface area (Å²) in [6.45, 7) is 5.79. The van der Waals surface area contributed by atoms with Crippen LogP contribution < -0.4 is 0 Å². The number of carboxylic acids is 1. The van der Waals surface area contributed by atoms with E-state index >= 15 is 0 Å². The van der Waals surface area contributed by atoms with Crippen molar-refractivity contribution in [2.75, 3.05) is 19.7 Å². The summed E-state index contributed by atoms with van der Waals surface area (Å²) in [5.74, 6) is -0.848. The molecule has 0 amide bonds. The largest absolute Gasteiger partial charge is 0.481 e. The van der Waals surface area contributed by atoms with Gasteiger partial charge in [0.1, 0.15) is 0 Å². The predicted molar refractivity (Wildman–Crippen MR) is 137 cm³/mol. The Balaban J connectivity index is 1.54. The smallest absolute Gasteiger partial charge is 0.303 e. The van der Waals surface area contributed by atoms with E-state index in [4.69, 9.17) is 33.0 Å². The molecule has 3 rings (SSSR count). The van der Waals surface area contributed by atoms with Crippen LogP contribution in [0.15, 0.2) is 36.4 Å². The van der Waals surface area contributed by atoms with Gasteiger partial charge in [0.2, 0.25) is 0 Å². The first-order valence-electron chi connectivity index (χ1n) is 12.1. The number of carbonyl (C=O) groups is 1. The van der Waals surface area contributed by atoms with Gasteiger partial charge in [-0.05, 0) is 86.0 Å². The van der Waals surface area contributed by atoms with Crippen molar-refractivity contribution in [2.45, 2.75) is 70.6 Å². The first kappa shape index (κ1) is 27.0. The van der Waals surface area contributed by atoms with Gasteiger partial charge in [-0.15, -0.1) is 0 Å². The van der Waals surface area contributed by atoms with E-state index in [-0.39, 0.29) is 19.1 Å². The number of ether oxygens (including phenoxy) is 1. The van der Waals surface area contributed by atoms with Crippen LogP contribution in [-0.4, -0.2) is 52.9 Å². The monoisotopic (exact) mass is 507 g/mol. The third kappa shape index (κ3) is 7.69. The van der Waals surface area contributed by atoms with Crippen molar-refractivity contribution >= 4 is 29.2 Å². The molecule has 1 fully saturated rings. The Morgan fingerprint density at radius 3 is 2.74 bits per heavy atom. The summed E-state index contributed by atoms with van der Waals surface area (Å²) in [4.78, 5) is 13.4. The average Bonchev–Trinajstić information content (AvgIpc) is 3.23. The van der Waals surface area contributed by atoms with E-state index in [9.17, 15) is 9.90 Å². The molecule has 1 heterocycles. The van der Waals surface area contributed by atoms with E-state index in [1.165, 1.54) is 11.1 Å². The van der Waals surface area contributed by atoms with E-state index in [0.29, 0.717) is 24.0 Å². The van der Waals surface area contributed by atoms with Crippen LogP contribution in [0.4, 0.5) is 0 Å². The van der Waals surface area contributed by atoms with Gasteiger partial charge >= 0.3 is 5.97 Å². The van der Waals surface area contributed by atoms with Crippen LogP contribution in [0.3, 0.4) is 0 Å². The normalized spacial score (nSPS) is 18.2. The number of hydrogen-bond acceptors (Lipinski definition) is 4. The van der Waals surface area contributed by atoms with Gasteiger partial charge in [0.25, 0.3) is 0 Å². The van der Waals surface area contributed by atoms with Gasteiger partial charge in [-0.25, -0.2) is 0 Å². The summed E-state index contributed by atoms with van der Waals surface area (Å²) in [6.07, 6.45) is 3.66. The number of likely N-dealkylation sites (tertiary alicyclic amines) is 1.